The summed E-state index contributed by atoms with van der Waals surface area (Å²) in [5.74, 6) is 0. The van der Waals surface area contributed by atoms with Gasteiger partial charge in [-0.3, -0.25) is 0 Å². The van der Waals surface area contributed by atoms with Crippen LogP contribution in [0.5, 0.6) is 0 Å². The van der Waals surface area contributed by atoms with Crippen LogP contribution >= 0.6 is 15.9 Å². The molecule has 21 heavy (non-hydrogen) atoms. The van der Waals surface area contributed by atoms with Gasteiger partial charge in [0.1, 0.15) is 0 Å². The molecule has 0 aliphatic rings. The van der Waals surface area contributed by atoms with Crippen LogP contribution in [0.2, 0.25) is 0 Å². The van der Waals surface area contributed by atoms with Crippen LogP contribution in [0, 0.1) is 13.8 Å². The average molecular weight is 357 g/mol. The minimum absolute atomic E-state index is 0.169. The number of urea groups is 1. The highest BCUT2D eigenvalue weighted by Gasteiger charge is 2.07. The number of ether oxygens (including phenoxy) is 1. The smallest absolute Gasteiger partial charge is 0.319 e. The van der Waals surface area contributed by atoms with Crippen LogP contribution in [0.15, 0.2) is 16.6 Å². The van der Waals surface area contributed by atoms with Gasteiger partial charge in [0.2, 0.25) is 0 Å². The van der Waals surface area contributed by atoms with E-state index in [0.717, 1.165) is 47.2 Å². The minimum atomic E-state index is -0.169. The summed E-state index contributed by atoms with van der Waals surface area (Å²) in [6.07, 6.45) is 3.07. The minimum Gasteiger partial charge on any atom is -0.381 e. The Morgan fingerprint density at radius 1 is 1.19 bits per heavy atom. The lowest BCUT2D eigenvalue weighted by Gasteiger charge is -2.13. The second-order valence-corrected chi connectivity index (χ2v) is 6.03. The third kappa shape index (κ3) is 6.96. The van der Waals surface area contributed by atoms with Gasteiger partial charge in [0.05, 0.1) is 0 Å². The lowest BCUT2D eigenvalue weighted by Crippen LogP contribution is -2.30. The third-order valence-corrected chi connectivity index (χ3v) is 3.59. The summed E-state index contributed by atoms with van der Waals surface area (Å²) in [5.41, 5.74) is 2.95. The number of hydrogen-bond acceptors (Lipinski definition) is 2. The third-order valence-electron chi connectivity index (χ3n) is 3.13. The number of anilines is 1. The summed E-state index contributed by atoms with van der Waals surface area (Å²) in [4.78, 5) is 11.9. The van der Waals surface area contributed by atoms with Crippen LogP contribution in [0.25, 0.3) is 0 Å². The van der Waals surface area contributed by atoms with Crippen LogP contribution in [-0.4, -0.2) is 25.8 Å². The van der Waals surface area contributed by atoms with Crippen molar-refractivity contribution in [2.75, 3.05) is 25.1 Å². The molecule has 2 N–H and O–H groups in total. The Balaban J connectivity index is 2.28. The fourth-order valence-corrected chi connectivity index (χ4v) is 2.68. The molecule has 0 atom stereocenters. The van der Waals surface area contributed by atoms with Gasteiger partial charge in [-0.05, 0) is 49.9 Å². The Morgan fingerprint density at radius 3 is 2.43 bits per heavy atom. The van der Waals surface area contributed by atoms with E-state index in [-0.39, 0.29) is 6.03 Å². The van der Waals surface area contributed by atoms with Gasteiger partial charge in [-0.25, -0.2) is 4.79 Å². The maximum Gasteiger partial charge on any atom is 0.319 e. The molecule has 4 nitrogen and oxygen atoms in total. The average Bonchev–Trinajstić information content (AvgIpc) is 2.42. The van der Waals surface area contributed by atoms with Crippen molar-refractivity contribution in [2.45, 2.75) is 40.0 Å². The van der Waals surface area contributed by atoms with Gasteiger partial charge >= 0.3 is 6.03 Å². The number of unbranched alkanes of at least 4 members (excludes halogenated alkanes) is 1. The molecule has 1 rings (SSSR count). The number of carbonyl (C=O) groups excluding carboxylic acids is 1. The molecule has 118 valence electrons. The number of halogens is 1. The Labute approximate surface area is 135 Å². The summed E-state index contributed by atoms with van der Waals surface area (Å²) in [5, 5.41) is 5.75. The van der Waals surface area contributed by atoms with Gasteiger partial charge < -0.3 is 15.4 Å². The van der Waals surface area contributed by atoms with Crippen molar-refractivity contribution in [1.82, 2.24) is 5.32 Å². The second kappa shape index (κ2) is 9.79. The Hall–Kier alpha value is -1.07. The lowest BCUT2D eigenvalue weighted by molar-refractivity contribution is 0.129. The van der Waals surface area contributed by atoms with Gasteiger partial charge in [0.25, 0.3) is 0 Å². The number of nitrogens with one attached hydrogen (secondary N) is 2. The molecule has 0 heterocycles. The van der Waals surface area contributed by atoms with Crippen molar-refractivity contribution in [1.29, 1.82) is 0 Å². The van der Waals surface area contributed by atoms with E-state index in [2.05, 4.69) is 33.5 Å². The summed E-state index contributed by atoms with van der Waals surface area (Å²) < 4.78 is 6.47. The first kappa shape index (κ1) is 18.0. The molecule has 0 aliphatic carbocycles. The lowest BCUT2D eigenvalue weighted by atomic mass is 10.1. The van der Waals surface area contributed by atoms with E-state index < -0.39 is 0 Å². The number of benzene rings is 1. The number of carbonyl (C=O) groups is 1. The predicted molar refractivity (Wildman–Crippen MR) is 91.0 cm³/mol. The molecule has 0 aromatic heterocycles. The maximum absolute atomic E-state index is 11.9. The number of aryl methyl sites for hydroxylation is 2. The van der Waals surface area contributed by atoms with Crippen molar-refractivity contribution in [2.24, 2.45) is 0 Å². The summed E-state index contributed by atoms with van der Waals surface area (Å²) in [7, 11) is 0. The molecule has 0 unspecified atom stereocenters. The fraction of sp³-hybridized carbons (Fsp3) is 0.562. The zero-order valence-corrected chi connectivity index (χ0v) is 14.7. The number of hydrogen-bond donors (Lipinski definition) is 2. The molecular weight excluding hydrogens is 332 g/mol. The van der Waals surface area contributed by atoms with Gasteiger partial charge in [0.15, 0.2) is 0 Å². The highest BCUT2D eigenvalue weighted by Crippen LogP contribution is 2.24. The van der Waals surface area contributed by atoms with E-state index in [4.69, 9.17) is 4.74 Å². The molecular formula is C16H25BrN2O2. The van der Waals surface area contributed by atoms with E-state index in [9.17, 15) is 4.79 Å². The Kier molecular flexibility index (Phi) is 8.38. The molecule has 5 heteroatoms. The van der Waals surface area contributed by atoms with Gasteiger partial charge in [0, 0.05) is 29.9 Å². The predicted octanol–water partition coefficient (Wildman–Crippen LogP) is 4.39. The SMILES string of the molecule is CCCCOCCCNC(=O)Nc1c(C)cc(Br)cc1C. The molecule has 0 radical (unpaired) electrons. The highest BCUT2D eigenvalue weighted by molar-refractivity contribution is 9.10. The van der Waals surface area contributed by atoms with E-state index in [1.54, 1.807) is 0 Å². The number of rotatable bonds is 8. The zero-order chi connectivity index (χ0) is 15.7. The van der Waals surface area contributed by atoms with Crippen LogP contribution in [0.4, 0.5) is 10.5 Å². The standard InChI is InChI=1S/C16H25BrN2O2/c1-4-5-8-21-9-6-7-18-16(20)19-15-12(2)10-14(17)11-13(15)3/h10-11H,4-9H2,1-3H3,(H2,18,19,20). The highest BCUT2D eigenvalue weighted by atomic mass is 79.9. The Bertz CT molecular complexity index is 441. The molecule has 1 aromatic carbocycles. The Morgan fingerprint density at radius 2 is 1.81 bits per heavy atom. The fourth-order valence-electron chi connectivity index (χ4n) is 1.99. The normalized spacial score (nSPS) is 10.5. The number of amides is 2. The van der Waals surface area contributed by atoms with E-state index in [1.165, 1.54) is 0 Å². The summed E-state index contributed by atoms with van der Waals surface area (Å²) in [6, 6.07) is 3.81. The van der Waals surface area contributed by atoms with Gasteiger partial charge in [-0.2, -0.15) is 0 Å². The van der Waals surface area contributed by atoms with Crippen molar-refractivity contribution in [3.63, 3.8) is 0 Å². The van der Waals surface area contributed by atoms with E-state index in [1.807, 2.05) is 26.0 Å². The molecule has 1 aromatic rings. The first-order valence-electron chi connectivity index (χ1n) is 7.44. The van der Waals surface area contributed by atoms with Crippen molar-refractivity contribution in [3.8, 4) is 0 Å². The largest absolute Gasteiger partial charge is 0.381 e. The quantitative estimate of drug-likeness (QED) is 0.678. The summed E-state index contributed by atoms with van der Waals surface area (Å²) >= 11 is 3.45. The van der Waals surface area contributed by atoms with E-state index >= 15 is 0 Å². The molecule has 0 spiro atoms. The van der Waals surface area contributed by atoms with Gasteiger partial charge in [-0.1, -0.05) is 29.3 Å². The molecule has 0 aliphatic heterocycles. The summed E-state index contributed by atoms with van der Waals surface area (Å²) in [6.45, 7) is 8.22. The topological polar surface area (TPSA) is 50.4 Å². The van der Waals surface area contributed by atoms with Crippen LogP contribution in [-0.2, 0) is 4.74 Å². The first-order chi connectivity index (χ1) is 10.0. The molecule has 0 saturated carbocycles. The molecule has 0 fully saturated rings. The molecule has 0 saturated heterocycles. The van der Waals surface area contributed by atoms with Crippen molar-refractivity contribution < 1.29 is 9.53 Å². The van der Waals surface area contributed by atoms with Crippen molar-refractivity contribution >= 4 is 27.6 Å². The van der Waals surface area contributed by atoms with Crippen molar-refractivity contribution in [3.05, 3.63) is 27.7 Å². The molecule has 0 bridgehead atoms. The van der Waals surface area contributed by atoms with E-state index in [0.29, 0.717) is 13.2 Å². The monoisotopic (exact) mass is 356 g/mol. The maximum atomic E-state index is 11.9. The van der Waals surface area contributed by atoms with Gasteiger partial charge in [-0.15, -0.1) is 0 Å². The molecule has 2 amide bonds. The first-order valence-corrected chi connectivity index (χ1v) is 8.23. The van der Waals surface area contributed by atoms with Crippen LogP contribution < -0.4 is 10.6 Å². The second-order valence-electron chi connectivity index (χ2n) is 5.11. The van der Waals surface area contributed by atoms with Crippen LogP contribution in [0.3, 0.4) is 0 Å². The zero-order valence-electron chi connectivity index (χ0n) is 13.1. The van der Waals surface area contributed by atoms with Crippen LogP contribution in [0.1, 0.15) is 37.3 Å².